The summed E-state index contributed by atoms with van der Waals surface area (Å²) in [5.74, 6) is 0. The van der Waals surface area contributed by atoms with E-state index in [4.69, 9.17) is 52.1 Å². The second kappa shape index (κ2) is 37.7. The largest absolute Gasteiger partial charge is 0.447 e. The molecule has 0 N–H and O–H groups in total. The van der Waals surface area contributed by atoms with Gasteiger partial charge in [-0.25, -0.2) is 4.79 Å². The lowest BCUT2D eigenvalue weighted by molar-refractivity contribution is -0.0265. The van der Waals surface area contributed by atoms with Gasteiger partial charge in [0.05, 0.1) is 126 Å². The first-order valence-corrected chi connectivity index (χ1v) is 25.7. The summed E-state index contributed by atoms with van der Waals surface area (Å²) in [6, 6.07) is 42.4. The molecule has 0 fully saturated rings. The fourth-order valence-electron chi connectivity index (χ4n) is 6.26. The lowest BCUT2D eigenvalue weighted by Crippen LogP contribution is -2.38. The second-order valence-electron chi connectivity index (χ2n) is 14.3. The molecule has 0 aliphatic rings. The van der Waals surface area contributed by atoms with Crippen LogP contribution in [0.1, 0.15) is 0 Å². The van der Waals surface area contributed by atoms with Gasteiger partial charge in [0.1, 0.15) is 6.61 Å². The standard InChI is InChI=1S/C50H71NO12P2/c1-53-24-25-54-26-27-55-28-29-56-30-31-57-32-33-58-34-35-59-36-37-60-38-39-61-40-41-62-42-43-63-50(52)51(22-44-64(46-14-6-2-7-15-46)47-16-8-3-9-17-47)23-45-65(48-18-10-4-11-19-48)49-20-12-5-13-21-49/h2-21H,22-45H2,1H3. The van der Waals surface area contributed by atoms with Crippen molar-refractivity contribution in [1.82, 2.24) is 4.90 Å². The average Bonchev–Trinajstić information content (AvgIpc) is 3.35. The van der Waals surface area contributed by atoms with Gasteiger partial charge in [-0.3, -0.25) is 0 Å². The van der Waals surface area contributed by atoms with Crippen LogP contribution >= 0.6 is 15.8 Å². The van der Waals surface area contributed by atoms with Crippen molar-refractivity contribution in [3.8, 4) is 0 Å². The second-order valence-corrected chi connectivity index (χ2v) is 18.9. The highest BCUT2D eigenvalue weighted by Gasteiger charge is 2.22. The zero-order valence-corrected chi connectivity index (χ0v) is 40.0. The normalized spacial score (nSPS) is 11.4. The van der Waals surface area contributed by atoms with Crippen LogP contribution in [0, 0.1) is 0 Å². The Bertz CT molecular complexity index is 1520. The number of amides is 1. The van der Waals surface area contributed by atoms with Gasteiger partial charge in [0.15, 0.2) is 0 Å². The smallest absolute Gasteiger partial charge is 0.409 e. The maximum Gasteiger partial charge on any atom is 0.409 e. The molecule has 4 rings (SSSR count). The highest BCUT2D eigenvalue weighted by molar-refractivity contribution is 7.73. The molecule has 0 spiro atoms. The van der Waals surface area contributed by atoms with E-state index in [9.17, 15) is 4.79 Å². The van der Waals surface area contributed by atoms with Gasteiger partial charge in [0.2, 0.25) is 0 Å². The molecule has 0 heterocycles. The summed E-state index contributed by atoms with van der Waals surface area (Å²) in [5.41, 5.74) is 0. The van der Waals surface area contributed by atoms with E-state index >= 15 is 0 Å². The molecule has 0 bridgehead atoms. The Morgan fingerprint density at radius 2 is 0.585 bits per heavy atom. The quantitative estimate of drug-likeness (QED) is 0.0415. The molecule has 0 aromatic heterocycles. The third kappa shape index (κ3) is 25.4. The Balaban J connectivity index is 1.03. The van der Waals surface area contributed by atoms with E-state index in [1.807, 2.05) is 29.2 Å². The van der Waals surface area contributed by atoms with Crippen LogP contribution in [0.25, 0.3) is 0 Å². The number of nitrogens with zero attached hydrogens (tertiary/aromatic N) is 1. The number of rotatable bonds is 40. The lowest BCUT2D eigenvalue weighted by atomic mass is 10.4. The molecule has 0 saturated heterocycles. The third-order valence-electron chi connectivity index (χ3n) is 9.58. The van der Waals surface area contributed by atoms with Crippen LogP contribution in [0.5, 0.6) is 0 Å². The summed E-state index contributed by atoms with van der Waals surface area (Å²) in [6.07, 6.45) is 1.34. The molecular weight excluding hydrogens is 868 g/mol. The van der Waals surface area contributed by atoms with Gasteiger partial charge in [0, 0.05) is 20.2 Å². The highest BCUT2D eigenvalue weighted by Crippen LogP contribution is 2.35. The Kier molecular flexibility index (Phi) is 31.4. The Labute approximate surface area is 389 Å². The van der Waals surface area contributed by atoms with Gasteiger partial charge in [0.25, 0.3) is 0 Å². The first-order chi connectivity index (χ1) is 32.3. The number of ether oxygens (including phenoxy) is 11. The van der Waals surface area contributed by atoms with Crippen LogP contribution in [0.15, 0.2) is 121 Å². The van der Waals surface area contributed by atoms with E-state index in [0.29, 0.717) is 132 Å². The van der Waals surface area contributed by atoms with E-state index < -0.39 is 15.8 Å². The van der Waals surface area contributed by atoms with E-state index in [1.54, 1.807) is 7.11 Å². The molecule has 1 amide bonds. The minimum Gasteiger partial charge on any atom is -0.447 e. The summed E-state index contributed by atoms with van der Waals surface area (Å²) in [5, 5.41) is 5.16. The van der Waals surface area contributed by atoms with Crippen molar-refractivity contribution in [2.75, 3.05) is 165 Å². The number of hydrogen-bond acceptors (Lipinski definition) is 12. The predicted octanol–water partition coefficient (Wildman–Crippen LogP) is 5.49. The fourth-order valence-corrected chi connectivity index (χ4v) is 10.9. The van der Waals surface area contributed by atoms with Gasteiger partial charge < -0.3 is 57.0 Å². The van der Waals surface area contributed by atoms with Gasteiger partial charge in [-0.2, -0.15) is 0 Å². The summed E-state index contributed by atoms with van der Waals surface area (Å²) in [7, 11) is 0.293. The van der Waals surface area contributed by atoms with Crippen molar-refractivity contribution in [3.05, 3.63) is 121 Å². The molecular formula is C50H71NO12P2. The molecule has 0 radical (unpaired) electrons. The molecule has 0 unspecified atom stereocenters. The number of benzene rings is 4. The molecule has 0 aliphatic carbocycles. The van der Waals surface area contributed by atoms with Crippen LogP contribution in [0.2, 0.25) is 0 Å². The van der Waals surface area contributed by atoms with Gasteiger partial charge in [-0.05, 0) is 49.4 Å². The molecule has 4 aromatic carbocycles. The first-order valence-electron chi connectivity index (χ1n) is 22.6. The van der Waals surface area contributed by atoms with Crippen LogP contribution in [-0.4, -0.2) is 176 Å². The fraction of sp³-hybridized carbons (Fsp3) is 0.500. The monoisotopic (exact) mass is 939 g/mol. The Morgan fingerprint density at radius 3 is 0.831 bits per heavy atom. The Hall–Kier alpha value is -3.39. The molecule has 0 atom stereocenters. The summed E-state index contributed by atoms with van der Waals surface area (Å²) in [6.45, 7) is 10.5. The summed E-state index contributed by atoms with van der Waals surface area (Å²) >= 11 is 0. The number of hydrogen-bond donors (Lipinski definition) is 0. The minimum atomic E-state index is -0.677. The van der Waals surface area contributed by atoms with Gasteiger partial charge in [-0.1, -0.05) is 121 Å². The number of methoxy groups -OCH3 is 1. The van der Waals surface area contributed by atoms with Crippen molar-refractivity contribution in [1.29, 1.82) is 0 Å². The van der Waals surface area contributed by atoms with Gasteiger partial charge in [-0.15, -0.1) is 0 Å². The van der Waals surface area contributed by atoms with Crippen molar-refractivity contribution >= 4 is 43.2 Å². The molecule has 15 heteroatoms. The number of carbonyl (C=O) groups is 1. The van der Waals surface area contributed by atoms with Crippen LogP contribution in [-0.2, 0) is 52.1 Å². The van der Waals surface area contributed by atoms with Crippen LogP contribution < -0.4 is 21.2 Å². The molecule has 0 aliphatic heterocycles. The number of carbonyl (C=O) groups excluding carboxylic acids is 1. The van der Waals surface area contributed by atoms with Crippen molar-refractivity contribution < 1.29 is 56.9 Å². The average molecular weight is 940 g/mol. The van der Waals surface area contributed by atoms with Crippen LogP contribution in [0.4, 0.5) is 4.79 Å². The topological polar surface area (TPSA) is 122 Å². The van der Waals surface area contributed by atoms with E-state index in [0.717, 1.165) is 12.3 Å². The third-order valence-corrected chi connectivity index (χ3v) is 14.6. The SMILES string of the molecule is COCCOCCOCCOCCOCCOCCOCCOCCOCCOCCOC(=O)N(CCP(c1ccccc1)c1ccccc1)CCP(c1ccccc1)c1ccccc1. The van der Waals surface area contributed by atoms with Crippen molar-refractivity contribution in [2.24, 2.45) is 0 Å². The molecule has 0 saturated carbocycles. The molecule has 358 valence electrons. The maximum absolute atomic E-state index is 13.8. The van der Waals surface area contributed by atoms with E-state index in [2.05, 4.69) is 97.1 Å². The van der Waals surface area contributed by atoms with Gasteiger partial charge >= 0.3 is 6.09 Å². The summed E-state index contributed by atoms with van der Waals surface area (Å²) in [4.78, 5) is 15.7. The maximum atomic E-state index is 13.8. The van der Waals surface area contributed by atoms with E-state index in [1.165, 1.54) is 21.2 Å². The van der Waals surface area contributed by atoms with Crippen molar-refractivity contribution in [3.63, 3.8) is 0 Å². The van der Waals surface area contributed by atoms with Crippen molar-refractivity contribution in [2.45, 2.75) is 0 Å². The lowest BCUT2D eigenvalue weighted by Gasteiger charge is -2.28. The minimum absolute atomic E-state index is 0.163. The Morgan fingerprint density at radius 1 is 0.354 bits per heavy atom. The predicted molar refractivity (Wildman–Crippen MR) is 260 cm³/mol. The highest BCUT2D eigenvalue weighted by atomic mass is 31.1. The molecule has 13 nitrogen and oxygen atoms in total. The van der Waals surface area contributed by atoms with E-state index in [-0.39, 0.29) is 19.3 Å². The molecule has 65 heavy (non-hydrogen) atoms. The molecule has 4 aromatic rings. The summed E-state index contributed by atoms with van der Waals surface area (Å²) < 4.78 is 60.5. The first kappa shape index (κ1) is 54.2. The van der Waals surface area contributed by atoms with Crippen LogP contribution in [0.3, 0.4) is 0 Å². The zero-order valence-electron chi connectivity index (χ0n) is 38.3. The zero-order chi connectivity index (χ0) is 45.5.